The van der Waals surface area contributed by atoms with Gasteiger partial charge in [0.2, 0.25) is 5.91 Å². The molecule has 17 heavy (non-hydrogen) atoms. The zero-order valence-electron chi connectivity index (χ0n) is 9.91. The number of hydrogen-bond acceptors (Lipinski definition) is 2. The van der Waals surface area contributed by atoms with Crippen molar-refractivity contribution in [1.29, 1.82) is 0 Å². The number of halogens is 1. The van der Waals surface area contributed by atoms with E-state index in [0.29, 0.717) is 13.2 Å². The van der Waals surface area contributed by atoms with Crippen molar-refractivity contribution < 1.29 is 9.53 Å². The van der Waals surface area contributed by atoms with E-state index in [1.807, 2.05) is 4.90 Å². The number of amides is 1. The van der Waals surface area contributed by atoms with Crippen molar-refractivity contribution in [3.05, 3.63) is 34.9 Å². The highest BCUT2D eigenvalue weighted by molar-refractivity contribution is 6.27. The molecule has 0 unspecified atom stereocenters. The Morgan fingerprint density at radius 3 is 3.00 bits per heavy atom. The van der Waals surface area contributed by atoms with Crippen LogP contribution in [0.1, 0.15) is 16.7 Å². The third kappa shape index (κ3) is 2.79. The SMILES string of the molecule is COCc1ccc2c(c1)CCN(C(=O)CCl)C2. The molecular weight excluding hydrogens is 238 g/mol. The average Bonchev–Trinajstić information content (AvgIpc) is 2.37. The topological polar surface area (TPSA) is 29.5 Å². The van der Waals surface area contributed by atoms with Crippen molar-refractivity contribution in [2.75, 3.05) is 19.5 Å². The third-order valence-corrected chi connectivity index (χ3v) is 3.29. The molecule has 1 aliphatic rings. The first-order valence-electron chi connectivity index (χ1n) is 5.68. The van der Waals surface area contributed by atoms with Crippen molar-refractivity contribution in [3.63, 3.8) is 0 Å². The van der Waals surface area contributed by atoms with Crippen LogP contribution in [0.3, 0.4) is 0 Å². The fraction of sp³-hybridized carbons (Fsp3) is 0.462. The number of fused-ring (bicyclic) bond motifs is 1. The van der Waals surface area contributed by atoms with Crippen molar-refractivity contribution in [1.82, 2.24) is 4.90 Å². The number of hydrogen-bond donors (Lipinski definition) is 0. The second-order valence-electron chi connectivity index (χ2n) is 4.23. The van der Waals surface area contributed by atoms with E-state index in [2.05, 4.69) is 18.2 Å². The molecule has 1 aromatic rings. The Morgan fingerprint density at radius 1 is 1.47 bits per heavy atom. The fourth-order valence-corrected chi connectivity index (χ4v) is 2.33. The molecule has 92 valence electrons. The van der Waals surface area contributed by atoms with Crippen LogP contribution >= 0.6 is 11.6 Å². The summed E-state index contributed by atoms with van der Waals surface area (Å²) < 4.78 is 5.11. The van der Waals surface area contributed by atoms with E-state index < -0.39 is 0 Å². The van der Waals surface area contributed by atoms with Gasteiger partial charge in [0.25, 0.3) is 0 Å². The van der Waals surface area contributed by atoms with Crippen LogP contribution in [0.2, 0.25) is 0 Å². The number of nitrogens with zero attached hydrogens (tertiary/aromatic N) is 1. The molecule has 0 fully saturated rings. The smallest absolute Gasteiger partial charge is 0.237 e. The number of alkyl halides is 1. The van der Waals surface area contributed by atoms with Gasteiger partial charge in [-0.2, -0.15) is 0 Å². The maximum absolute atomic E-state index is 11.5. The lowest BCUT2D eigenvalue weighted by molar-refractivity contribution is -0.129. The number of carbonyl (C=O) groups is 1. The molecule has 1 heterocycles. The van der Waals surface area contributed by atoms with Crippen LogP contribution in [-0.2, 0) is 29.1 Å². The molecule has 0 saturated carbocycles. The molecule has 0 aliphatic carbocycles. The number of rotatable bonds is 3. The monoisotopic (exact) mass is 253 g/mol. The Morgan fingerprint density at radius 2 is 2.29 bits per heavy atom. The summed E-state index contributed by atoms with van der Waals surface area (Å²) in [6.07, 6.45) is 0.898. The molecule has 0 aromatic heterocycles. The molecule has 1 aliphatic heterocycles. The Labute approximate surface area is 106 Å². The van der Waals surface area contributed by atoms with Crippen LogP contribution in [0.4, 0.5) is 0 Å². The van der Waals surface area contributed by atoms with E-state index in [0.717, 1.165) is 13.0 Å². The summed E-state index contributed by atoms with van der Waals surface area (Å²) in [5, 5.41) is 0. The van der Waals surface area contributed by atoms with Gasteiger partial charge in [-0.25, -0.2) is 0 Å². The lowest BCUT2D eigenvalue weighted by Crippen LogP contribution is -2.36. The molecular formula is C13H16ClNO2. The minimum Gasteiger partial charge on any atom is -0.380 e. The summed E-state index contributed by atoms with van der Waals surface area (Å²) in [6, 6.07) is 6.30. The van der Waals surface area contributed by atoms with Gasteiger partial charge < -0.3 is 9.64 Å². The van der Waals surface area contributed by atoms with Crippen LogP contribution in [0, 0.1) is 0 Å². The zero-order valence-corrected chi connectivity index (χ0v) is 10.7. The van der Waals surface area contributed by atoms with Crippen molar-refractivity contribution in [2.45, 2.75) is 19.6 Å². The normalized spacial score (nSPS) is 14.6. The molecule has 3 nitrogen and oxygen atoms in total. The van der Waals surface area contributed by atoms with Crippen LogP contribution in [0.5, 0.6) is 0 Å². The highest BCUT2D eigenvalue weighted by Gasteiger charge is 2.19. The first-order chi connectivity index (χ1) is 8.24. The molecule has 1 amide bonds. The lowest BCUT2D eigenvalue weighted by atomic mass is 9.97. The van der Waals surface area contributed by atoms with Crippen molar-refractivity contribution in [3.8, 4) is 0 Å². The molecule has 2 rings (SSSR count). The first kappa shape index (κ1) is 12.4. The molecule has 0 N–H and O–H groups in total. The van der Waals surface area contributed by atoms with Crippen LogP contribution in [0.25, 0.3) is 0 Å². The van der Waals surface area contributed by atoms with E-state index in [9.17, 15) is 4.79 Å². The molecule has 0 radical (unpaired) electrons. The summed E-state index contributed by atoms with van der Waals surface area (Å²) in [5.74, 6) is 0.0789. The van der Waals surface area contributed by atoms with Crippen molar-refractivity contribution in [2.24, 2.45) is 0 Å². The molecule has 0 bridgehead atoms. The first-order valence-corrected chi connectivity index (χ1v) is 6.21. The standard InChI is InChI=1S/C13H16ClNO2/c1-17-9-10-2-3-12-8-15(13(16)7-14)5-4-11(12)6-10/h2-3,6H,4-5,7-9H2,1H3. The predicted molar refractivity (Wildman–Crippen MR) is 67.0 cm³/mol. The summed E-state index contributed by atoms with van der Waals surface area (Å²) in [4.78, 5) is 13.3. The fourth-order valence-electron chi connectivity index (χ4n) is 2.16. The number of carbonyl (C=O) groups excluding carboxylic acids is 1. The van der Waals surface area contributed by atoms with E-state index in [4.69, 9.17) is 16.3 Å². The molecule has 0 saturated heterocycles. The van der Waals surface area contributed by atoms with Gasteiger partial charge in [-0.1, -0.05) is 18.2 Å². The van der Waals surface area contributed by atoms with Gasteiger partial charge in [-0.05, 0) is 23.1 Å². The van der Waals surface area contributed by atoms with Crippen LogP contribution in [-0.4, -0.2) is 30.3 Å². The Bertz CT molecular complexity index is 420. The highest BCUT2D eigenvalue weighted by Crippen LogP contribution is 2.21. The second kappa shape index (κ2) is 5.52. The zero-order chi connectivity index (χ0) is 12.3. The molecule has 0 spiro atoms. The van der Waals surface area contributed by atoms with E-state index in [1.54, 1.807) is 7.11 Å². The predicted octanol–water partition coefficient (Wildman–Crippen LogP) is 1.96. The average molecular weight is 254 g/mol. The van der Waals surface area contributed by atoms with Gasteiger partial charge in [0.1, 0.15) is 5.88 Å². The minimum absolute atomic E-state index is 0.0123. The summed E-state index contributed by atoms with van der Waals surface area (Å²) in [5.41, 5.74) is 3.72. The van der Waals surface area contributed by atoms with Crippen LogP contribution < -0.4 is 0 Å². The van der Waals surface area contributed by atoms with E-state index in [1.165, 1.54) is 16.7 Å². The number of ether oxygens (including phenoxy) is 1. The Balaban J connectivity index is 2.14. The quantitative estimate of drug-likeness (QED) is 0.771. The highest BCUT2D eigenvalue weighted by atomic mass is 35.5. The van der Waals surface area contributed by atoms with Gasteiger partial charge in [0, 0.05) is 20.2 Å². The van der Waals surface area contributed by atoms with Gasteiger partial charge in [-0.15, -0.1) is 11.6 Å². The second-order valence-corrected chi connectivity index (χ2v) is 4.50. The van der Waals surface area contributed by atoms with Gasteiger partial charge in [-0.3, -0.25) is 4.79 Å². The van der Waals surface area contributed by atoms with Gasteiger partial charge >= 0.3 is 0 Å². The maximum Gasteiger partial charge on any atom is 0.237 e. The summed E-state index contributed by atoms with van der Waals surface area (Å²) >= 11 is 5.57. The van der Waals surface area contributed by atoms with Crippen LogP contribution in [0.15, 0.2) is 18.2 Å². The third-order valence-electron chi connectivity index (χ3n) is 3.06. The van der Waals surface area contributed by atoms with E-state index >= 15 is 0 Å². The summed E-state index contributed by atoms with van der Waals surface area (Å²) in [6.45, 7) is 2.07. The Kier molecular flexibility index (Phi) is 4.02. The minimum atomic E-state index is 0.0123. The summed E-state index contributed by atoms with van der Waals surface area (Å²) in [7, 11) is 1.69. The maximum atomic E-state index is 11.5. The molecule has 4 heteroatoms. The molecule has 1 aromatic carbocycles. The van der Waals surface area contributed by atoms with Crippen molar-refractivity contribution >= 4 is 17.5 Å². The largest absolute Gasteiger partial charge is 0.380 e. The van der Waals surface area contributed by atoms with Gasteiger partial charge in [0.05, 0.1) is 6.61 Å². The molecule has 0 atom stereocenters. The number of benzene rings is 1. The Hall–Kier alpha value is -1.06. The number of methoxy groups -OCH3 is 1. The van der Waals surface area contributed by atoms with E-state index in [-0.39, 0.29) is 11.8 Å². The lowest BCUT2D eigenvalue weighted by Gasteiger charge is -2.28. The van der Waals surface area contributed by atoms with Gasteiger partial charge in [0.15, 0.2) is 0 Å².